The van der Waals surface area contributed by atoms with Crippen molar-refractivity contribution in [2.75, 3.05) is 12.4 Å². The smallest absolute Gasteiger partial charge is 0.265 e. The van der Waals surface area contributed by atoms with Gasteiger partial charge in [-0.2, -0.15) is 0 Å². The molecule has 29 heavy (non-hydrogen) atoms. The molecule has 0 aliphatic heterocycles. The number of benzene rings is 2. The summed E-state index contributed by atoms with van der Waals surface area (Å²) in [6.07, 6.45) is 3.75. The Morgan fingerprint density at radius 1 is 1.10 bits per heavy atom. The molecule has 5 nitrogen and oxygen atoms in total. The van der Waals surface area contributed by atoms with Gasteiger partial charge in [-0.25, -0.2) is 4.98 Å². The summed E-state index contributed by atoms with van der Waals surface area (Å²) in [5.74, 6) is 0.629. The molecule has 0 spiro atoms. The number of amides is 1. The third-order valence-electron chi connectivity index (χ3n) is 4.84. The van der Waals surface area contributed by atoms with Gasteiger partial charge < -0.3 is 15.0 Å². The molecule has 0 saturated carbocycles. The summed E-state index contributed by atoms with van der Waals surface area (Å²) >= 11 is 1.48. The highest BCUT2D eigenvalue weighted by Gasteiger charge is 2.14. The lowest BCUT2D eigenvalue weighted by Crippen LogP contribution is -2.09. The summed E-state index contributed by atoms with van der Waals surface area (Å²) in [6, 6.07) is 19.5. The predicted molar refractivity (Wildman–Crippen MR) is 118 cm³/mol. The minimum Gasteiger partial charge on any atom is -0.497 e. The van der Waals surface area contributed by atoms with Crippen LogP contribution in [-0.2, 0) is 0 Å². The maximum Gasteiger partial charge on any atom is 0.265 e. The van der Waals surface area contributed by atoms with Crippen LogP contribution in [0, 0.1) is 0 Å². The van der Waals surface area contributed by atoms with E-state index in [9.17, 15) is 4.79 Å². The summed E-state index contributed by atoms with van der Waals surface area (Å²) in [5.41, 5.74) is 3.70. The first kappa shape index (κ1) is 17.5. The van der Waals surface area contributed by atoms with Crippen LogP contribution in [0.15, 0.2) is 73.1 Å². The van der Waals surface area contributed by atoms with Crippen LogP contribution in [0.2, 0.25) is 0 Å². The van der Waals surface area contributed by atoms with Crippen molar-refractivity contribution in [3.63, 3.8) is 0 Å². The first-order valence-electron chi connectivity index (χ1n) is 9.13. The zero-order valence-electron chi connectivity index (χ0n) is 15.6. The molecule has 1 amide bonds. The topological polar surface area (TPSA) is 67.0 Å². The van der Waals surface area contributed by atoms with Crippen LogP contribution in [0.5, 0.6) is 5.75 Å². The molecule has 3 aromatic heterocycles. The van der Waals surface area contributed by atoms with E-state index in [0.29, 0.717) is 4.88 Å². The molecule has 0 saturated heterocycles. The highest BCUT2D eigenvalue weighted by Crippen LogP contribution is 2.35. The van der Waals surface area contributed by atoms with Crippen molar-refractivity contribution in [1.82, 2.24) is 9.97 Å². The number of rotatable bonds is 4. The molecule has 0 atom stereocenters. The summed E-state index contributed by atoms with van der Waals surface area (Å²) in [7, 11) is 1.62. The Morgan fingerprint density at radius 3 is 2.79 bits per heavy atom. The van der Waals surface area contributed by atoms with Gasteiger partial charge in [0, 0.05) is 39.1 Å². The number of methoxy groups -OCH3 is 1. The minimum atomic E-state index is -0.124. The predicted octanol–water partition coefficient (Wildman–Crippen LogP) is 5.71. The number of aromatic amines is 1. The first-order chi connectivity index (χ1) is 14.2. The lowest BCUT2D eigenvalue weighted by atomic mass is 10.0. The van der Waals surface area contributed by atoms with Crippen LogP contribution in [0.1, 0.15) is 9.67 Å². The number of anilines is 1. The molecule has 142 valence electrons. The van der Waals surface area contributed by atoms with E-state index in [4.69, 9.17) is 4.74 Å². The van der Waals surface area contributed by atoms with E-state index in [2.05, 4.69) is 27.4 Å². The van der Waals surface area contributed by atoms with Crippen molar-refractivity contribution in [3.05, 3.63) is 77.9 Å². The highest BCUT2D eigenvalue weighted by atomic mass is 32.1. The van der Waals surface area contributed by atoms with Crippen LogP contribution in [0.3, 0.4) is 0 Å². The molecule has 0 radical (unpaired) electrons. The lowest BCUT2D eigenvalue weighted by molar-refractivity contribution is 0.103. The number of ether oxygens (including phenoxy) is 1. The number of hydrogen-bond donors (Lipinski definition) is 2. The van der Waals surface area contributed by atoms with Gasteiger partial charge in [0.25, 0.3) is 5.91 Å². The van der Waals surface area contributed by atoms with Crippen LogP contribution in [0.25, 0.3) is 32.2 Å². The Balaban J connectivity index is 1.49. The Kier molecular flexibility index (Phi) is 4.26. The summed E-state index contributed by atoms with van der Waals surface area (Å²) in [4.78, 5) is 21.1. The standard InChI is InChI=1S/C23H17N3O2S/c1-28-17-7-5-16(6-8-17)26-23(27)21-12-19-18(3-2-4-20(19)29-21)15-11-14-9-10-24-22(14)25-13-15/h2-13H,1H3,(H,24,25)(H,26,27). The number of thiophene rings is 1. The Hall–Kier alpha value is -3.64. The van der Waals surface area contributed by atoms with E-state index < -0.39 is 0 Å². The average Bonchev–Trinajstić information content (AvgIpc) is 3.40. The van der Waals surface area contributed by atoms with Gasteiger partial charge >= 0.3 is 0 Å². The maximum absolute atomic E-state index is 12.8. The molecule has 0 aliphatic carbocycles. The number of pyridine rings is 1. The number of carbonyl (C=O) groups is 1. The van der Waals surface area contributed by atoms with Crippen LogP contribution < -0.4 is 10.1 Å². The molecule has 0 unspecified atom stereocenters. The number of H-pyrrole nitrogens is 1. The second-order valence-electron chi connectivity index (χ2n) is 6.65. The number of nitrogens with one attached hydrogen (secondary N) is 2. The van der Waals surface area contributed by atoms with E-state index in [1.807, 2.05) is 60.9 Å². The van der Waals surface area contributed by atoms with Crippen molar-refractivity contribution in [3.8, 4) is 16.9 Å². The molecule has 5 aromatic rings. The molecule has 0 fully saturated rings. The van der Waals surface area contributed by atoms with Crippen LogP contribution in [0.4, 0.5) is 5.69 Å². The van der Waals surface area contributed by atoms with Gasteiger partial charge in [-0.3, -0.25) is 4.79 Å². The zero-order chi connectivity index (χ0) is 19.8. The molecular formula is C23H17N3O2S. The Labute approximate surface area is 171 Å². The third kappa shape index (κ3) is 3.23. The molecule has 0 bridgehead atoms. The van der Waals surface area contributed by atoms with Crippen molar-refractivity contribution < 1.29 is 9.53 Å². The fourth-order valence-electron chi connectivity index (χ4n) is 3.38. The zero-order valence-corrected chi connectivity index (χ0v) is 16.4. The van der Waals surface area contributed by atoms with Gasteiger partial charge in [0.05, 0.1) is 12.0 Å². The summed E-state index contributed by atoms with van der Waals surface area (Å²) < 4.78 is 6.22. The van der Waals surface area contributed by atoms with Crippen molar-refractivity contribution in [1.29, 1.82) is 0 Å². The highest BCUT2D eigenvalue weighted by molar-refractivity contribution is 7.21. The molecule has 2 aromatic carbocycles. The second-order valence-corrected chi connectivity index (χ2v) is 7.73. The van der Waals surface area contributed by atoms with Crippen molar-refractivity contribution in [2.45, 2.75) is 0 Å². The number of hydrogen-bond acceptors (Lipinski definition) is 4. The number of carbonyl (C=O) groups excluding carboxylic acids is 1. The molecule has 0 aliphatic rings. The normalized spacial score (nSPS) is 11.1. The SMILES string of the molecule is COc1ccc(NC(=O)c2cc3c(-c4cnc5[nH]ccc5c4)cccc3s2)cc1. The first-order valence-corrected chi connectivity index (χ1v) is 9.94. The quantitative estimate of drug-likeness (QED) is 0.407. The van der Waals surface area contributed by atoms with Crippen LogP contribution in [-0.4, -0.2) is 23.0 Å². The van der Waals surface area contributed by atoms with Crippen molar-refractivity contribution >= 4 is 44.1 Å². The van der Waals surface area contributed by atoms with E-state index in [-0.39, 0.29) is 5.91 Å². The maximum atomic E-state index is 12.8. The number of aromatic nitrogens is 2. The monoisotopic (exact) mass is 399 g/mol. The van der Waals surface area contributed by atoms with Gasteiger partial charge in [0.15, 0.2) is 0 Å². The molecule has 3 heterocycles. The molecule has 2 N–H and O–H groups in total. The number of nitrogens with zero attached hydrogens (tertiary/aromatic N) is 1. The van der Waals surface area contributed by atoms with Gasteiger partial charge in [0.1, 0.15) is 11.4 Å². The number of fused-ring (bicyclic) bond motifs is 2. The van der Waals surface area contributed by atoms with Gasteiger partial charge in [-0.05, 0) is 54.1 Å². The largest absolute Gasteiger partial charge is 0.497 e. The Bertz CT molecular complexity index is 1340. The van der Waals surface area contributed by atoms with E-state index in [1.165, 1.54) is 11.3 Å². The Morgan fingerprint density at radius 2 is 1.97 bits per heavy atom. The van der Waals surface area contributed by atoms with E-state index in [1.54, 1.807) is 7.11 Å². The van der Waals surface area contributed by atoms with Gasteiger partial charge in [-0.1, -0.05) is 12.1 Å². The molecule has 5 rings (SSSR count). The third-order valence-corrected chi connectivity index (χ3v) is 5.94. The summed E-state index contributed by atoms with van der Waals surface area (Å²) in [6.45, 7) is 0. The van der Waals surface area contributed by atoms with E-state index in [0.717, 1.165) is 43.7 Å². The van der Waals surface area contributed by atoms with E-state index >= 15 is 0 Å². The molecule has 6 heteroatoms. The van der Waals surface area contributed by atoms with Crippen LogP contribution >= 0.6 is 11.3 Å². The average molecular weight is 399 g/mol. The summed E-state index contributed by atoms with van der Waals surface area (Å²) in [5, 5.41) is 5.06. The minimum absolute atomic E-state index is 0.124. The fraction of sp³-hybridized carbons (Fsp3) is 0.0435. The van der Waals surface area contributed by atoms with Gasteiger partial charge in [-0.15, -0.1) is 11.3 Å². The second kappa shape index (κ2) is 7.07. The lowest BCUT2D eigenvalue weighted by Gasteiger charge is -2.04. The fourth-order valence-corrected chi connectivity index (χ4v) is 4.36. The van der Waals surface area contributed by atoms with Gasteiger partial charge in [0.2, 0.25) is 0 Å². The van der Waals surface area contributed by atoms with Crippen molar-refractivity contribution in [2.24, 2.45) is 0 Å². The molecular weight excluding hydrogens is 382 g/mol.